The number of rotatable bonds is 7. The molecule has 0 atom stereocenters. The minimum absolute atomic E-state index is 0.104. The molecule has 0 aromatic heterocycles. The van der Waals surface area contributed by atoms with E-state index in [-0.39, 0.29) is 29.0 Å². The molecular weight excluding hydrogens is 404 g/mol. The second-order valence-corrected chi connectivity index (χ2v) is 6.45. The summed E-state index contributed by atoms with van der Waals surface area (Å²) < 4.78 is 0. The molecule has 0 aliphatic heterocycles. The third kappa shape index (κ3) is 5.48. The van der Waals surface area contributed by atoms with E-state index < -0.39 is 21.7 Å². The van der Waals surface area contributed by atoms with E-state index in [2.05, 4.69) is 10.6 Å². The minimum Gasteiger partial charge on any atom is -0.348 e. The molecule has 3 rings (SSSR count). The fraction of sp³-hybridized carbons (Fsp3) is 0.0476. The average Bonchev–Trinajstić information content (AvgIpc) is 2.77. The third-order valence-electron chi connectivity index (χ3n) is 4.32. The molecule has 0 bridgehead atoms. The Morgan fingerprint density at radius 1 is 0.742 bits per heavy atom. The monoisotopic (exact) mass is 420 g/mol. The zero-order valence-electron chi connectivity index (χ0n) is 16.0. The van der Waals surface area contributed by atoms with Crippen LogP contribution in [0.3, 0.4) is 0 Å². The molecule has 0 radical (unpaired) electrons. The van der Waals surface area contributed by atoms with Crippen molar-refractivity contribution in [2.45, 2.75) is 6.54 Å². The molecule has 2 amide bonds. The number of anilines is 1. The summed E-state index contributed by atoms with van der Waals surface area (Å²) in [6, 6.07) is 17.3. The fourth-order valence-corrected chi connectivity index (χ4v) is 2.72. The van der Waals surface area contributed by atoms with Gasteiger partial charge in [-0.15, -0.1) is 0 Å². The summed E-state index contributed by atoms with van der Waals surface area (Å²) in [4.78, 5) is 44.9. The van der Waals surface area contributed by atoms with Crippen LogP contribution in [0.5, 0.6) is 0 Å². The molecule has 3 aromatic carbocycles. The second kappa shape index (κ2) is 9.27. The Labute approximate surface area is 175 Å². The zero-order chi connectivity index (χ0) is 22.4. The summed E-state index contributed by atoms with van der Waals surface area (Å²) in [5.41, 5.74) is 1.55. The maximum Gasteiger partial charge on any atom is 0.269 e. The molecule has 0 saturated heterocycles. The van der Waals surface area contributed by atoms with Crippen molar-refractivity contribution < 1.29 is 19.4 Å². The first-order valence-electron chi connectivity index (χ1n) is 9.01. The molecule has 0 fully saturated rings. The number of benzene rings is 3. The topological polar surface area (TPSA) is 144 Å². The highest BCUT2D eigenvalue weighted by Gasteiger charge is 2.11. The number of carbonyl (C=O) groups excluding carboxylic acids is 2. The largest absolute Gasteiger partial charge is 0.348 e. The maximum absolute atomic E-state index is 12.3. The molecule has 0 aliphatic rings. The molecule has 2 N–H and O–H groups in total. The Morgan fingerprint density at radius 3 is 1.77 bits per heavy atom. The van der Waals surface area contributed by atoms with Crippen LogP contribution < -0.4 is 10.6 Å². The van der Waals surface area contributed by atoms with Crippen molar-refractivity contribution in [1.29, 1.82) is 0 Å². The van der Waals surface area contributed by atoms with E-state index >= 15 is 0 Å². The van der Waals surface area contributed by atoms with Gasteiger partial charge in [0.15, 0.2) is 0 Å². The van der Waals surface area contributed by atoms with Gasteiger partial charge >= 0.3 is 0 Å². The highest BCUT2D eigenvalue weighted by molar-refractivity contribution is 6.04. The predicted molar refractivity (Wildman–Crippen MR) is 112 cm³/mol. The Kier molecular flexibility index (Phi) is 6.31. The van der Waals surface area contributed by atoms with Crippen molar-refractivity contribution in [3.05, 3.63) is 110 Å². The molecule has 3 aromatic rings. The Balaban J connectivity index is 1.60. The molecule has 10 heteroatoms. The van der Waals surface area contributed by atoms with E-state index in [1.807, 2.05) is 0 Å². The van der Waals surface area contributed by atoms with Crippen molar-refractivity contribution in [3.63, 3.8) is 0 Å². The van der Waals surface area contributed by atoms with E-state index in [0.717, 1.165) is 5.56 Å². The van der Waals surface area contributed by atoms with Crippen molar-refractivity contribution in [2.75, 3.05) is 5.32 Å². The molecule has 0 spiro atoms. The van der Waals surface area contributed by atoms with Gasteiger partial charge in [-0.1, -0.05) is 12.1 Å². The highest BCUT2D eigenvalue weighted by atomic mass is 16.6. The first-order valence-corrected chi connectivity index (χ1v) is 9.01. The molecule has 156 valence electrons. The maximum atomic E-state index is 12.3. The van der Waals surface area contributed by atoms with Gasteiger partial charge in [0.2, 0.25) is 0 Å². The number of amides is 2. The Bertz CT molecular complexity index is 1140. The van der Waals surface area contributed by atoms with Crippen LogP contribution in [0.4, 0.5) is 17.1 Å². The standard InChI is InChI=1S/C21H16N4O6/c26-20(15-4-8-18(9-5-15)24(28)29)22-13-14-2-1-3-17(12-14)23-21(27)16-6-10-19(11-7-16)25(30)31/h1-12H,13H2,(H,22,26)(H,23,27). The molecule has 10 nitrogen and oxygen atoms in total. The van der Waals surface area contributed by atoms with Crippen molar-refractivity contribution in [3.8, 4) is 0 Å². The second-order valence-electron chi connectivity index (χ2n) is 6.45. The summed E-state index contributed by atoms with van der Waals surface area (Å²) in [5.74, 6) is -0.822. The van der Waals surface area contributed by atoms with Gasteiger partial charge in [-0.2, -0.15) is 0 Å². The lowest BCUT2D eigenvalue weighted by molar-refractivity contribution is -0.385. The lowest BCUT2D eigenvalue weighted by atomic mass is 10.1. The molecule has 0 heterocycles. The van der Waals surface area contributed by atoms with E-state index in [1.54, 1.807) is 24.3 Å². The fourth-order valence-electron chi connectivity index (χ4n) is 2.72. The lowest BCUT2D eigenvalue weighted by Crippen LogP contribution is -2.22. The minimum atomic E-state index is -0.546. The van der Waals surface area contributed by atoms with E-state index in [0.29, 0.717) is 5.69 Å². The summed E-state index contributed by atoms with van der Waals surface area (Å²) in [7, 11) is 0. The number of nitro benzene ring substituents is 2. The van der Waals surface area contributed by atoms with Crippen LogP contribution in [0.15, 0.2) is 72.8 Å². The molecule has 0 saturated carbocycles. The number of hydrogen-bond donors (Lipinski definition) is 2. The van der Waals surface area contributed by atoms with Gasteiger partial charge in [0.1, 0.15) is 0 Å². The zero-order valence-corrected chi connectivity index (χ0v) is 16.0. The van der Waals surface area contributed by atoms with Crippen LogP contribution in [0.1, 0.15) is 26.3 Å². The summed E-state index contributed by atoms with van der Waals surface area (Å²) in [6.07, 6.45) is 0. The van der Waals surface area contributed by atoms with Crippen LogP contribution in [-0.4, -0.2) is 21.7 Å². The number of carbonyl (C=O) groups is 2. The normalized spacial score (nSPS) is 10.2. The number of nitrogens with zero attached hydrogens (tertiary/aromatic N) is 2. The lowest BCUT2D eigenvalue weighted by Gasteiger charge is -2.09. The van der Waals surface area contributed by atoms with Crippen LogP contribution in [0.25, 0.3) is 0 Å². The first-order chi connectivity index (χ1) is 14.8. The SMILES string of the molecule is O=C(NCc1cccc(NC(=O)c2ccc([N+](=O)[O-])cc2)c1)c1ccc([N+](=O)[O-])cc1. The summed E-state index contributed by atoms with van der Waals surface area (Å²) in [5, 5.41) is 26.8. The van der Waals surface area contributed by atoms with Gasteiger partial charge in [0.05, 0.1) is 9.85 Å². The van der Waals surface area contributed by atoms with Crippen LogP contribution in [0.2, 0.25) is 0 Å². The Morgan fingerprint density at radius 2 is 1.26 bits per heavy atom. The van der Waals surface area contributed by atoms with Crippen LogP contribution in [-0.2, 0) is 6.54 Å². The quantitative estimate of drug-likeness (QED) is 0.440. The first kappa shape index (κ1) is 21.1. The molecule has 0 aliphatic carbocycles. The van der Waals surface area contributed by atoms with Gasteiger partial charge in [-0.3, -0.25) is 29.8 Å². The van der Waals surface area contributed by atoms with Crippen molar-refractivity contribution in [1.82, 2.24) is 5.32 Å². The van der Waals surface area contributed by atoms with E-state index in [9.17, 15) is 29.8 Å². The van der Waals surface area contributed by atoms with Gasteiger partial charge in [-0.25, -0.2) is 0 Å². The number of nitrogens with one attached hydrogen (secondary N) is 2. The molecular formula is C21H16N4O6. The average molecular weight is 420 g/mol. The number of nitro groups is 2. The third-order valence-corrected chi connectivity index (χ3v) is 4.32. The summed E-state index contributed by atoms with van der Waals surface area (Å²) in [6.45, 7) is 0.178. The van der Waals surface area contributed by atoms with Gasteiger partial charge < -0.3 is 10.6 Å². The van der Waals surface area contributed by atoms with E-state index in [4.69, 9.17) is 0 Å². The highest BCUT2D eigenvalue weighted by Crippen LogP contribution is 2.16. The molecule has 31 heavy (non-hydrogen) atoms. The van der Waals surface area contributed by atoms with Crippen LogP contribution >= 0.6 is 0 Å². The number of hydrogen-bond acceptors (Lipinski definition) is 6. The van der Waals surface area contributed by atoms with Crippen molar-refractivity contribution in [2.24, 2.45) is 0 Å². The molecule has 0 unspecified atom stereocenters. The van der Waals surface area contributed by atoms with Gasteiger partial charge in [0, 0.05) is 47.6 Å². The van der Waals surface area contributed by atoms with Gasteiger partial charge in [-0.05, 0) is 42.0 Å². The van der Waals surface area contributed by atoms with E-state index in [1.165, 1.54) is 48.5 Å². The number of non-ortho nitro benzene ring substituents is 2. The van der Waals surface area contributed by atoms with Crippen molar-refractivity contribution >= 4 is 28.9 Å². The Hall–Kier alpha value is -4.60. The predicted octanol–water partition coefficient (Wildman–Crippen LogP) is 3.69. The summed E-state index contributed by atoms with van der Waals surface area (Å²) >= 11 is 0. The van der Waals surface area contributed by atoms with Crippen LogP contribution in [0, 0.1) is 20.2 Å². The van der Waals surface area contributed by atoms with Gasteiger partial charge in [0.25, 0.3) is 23.2 Å². The smallest absolute Gasteiger partial charge is 0.269 e.